The number of amides is 1. The molecule has 2 aromatic rings. The fourth-order valence-electron chi connectivity index (χ4n) is 2.95. The van der Waals surface area contributed by atoms with Gasteiger partial charge in [0.25, 0.3) is 0 Å². The normalized spacial score (nSPS) is 17.5. The molecule has 7 heteroatoms. The lowest BCUT2D eigenvalue weighted by molar-refractivity contribution is -0.136. The number of fused-ring (bicyclic) bond motifs is 1. The monoisotopic (exact) mass is 347 g/mol. The van der Waals surface area contributed by atoms with Gasteiger partial charge in [-0.15, -0.1) is 0 Å². The molecule has 0 fully saturated rings. The average molecular weight is 347 g/mol. The quantitative estimate of drug-likeness (QED) is 0.855. The molecule has 2 aromatic heterocycles. The van der Waals surface area contributed by atoms with E-state index in [-0.39, 0.29) is 11.8 Å². The standard InChI is InChI=1S/C17H25N5OS/c1-20(2)6-7-22(11-14-3-8-24-13-14)17(23)15-9-18-10-16-19-4-5-21(16)12-15/h3-5,8,13,15,18H,6-7,9-12H2,1-2H3. The van der Waals surface area contributed by atoms with Gasteiger partial charge in [-0.05, 0) is 36.5 Å². The molecule has 130 valence electrons. The van der Waals surface area contributed by atoms with Crippen LogP contribution < -0.4 is 5.32 Å². The summed E-state index contributed by atoms with van der Waals surface area (Å²) >= 11 is 1.68. The van der Waals surface area contributed by atoms with Crippen molar-refractivity contribution in [3.63, 3.8) is 0 Å². The number of carbonyl (C=O) groups excluding carboxylic acids is 1. The lowest BCUT2D eigenvalue weighted by atomic mass is 10.1. The molecule has 1 atom stereocenters. The van der Waals surface area contributed by atoms with Crippen molar-refractivity contribution in [1.29, 1.82) is 0 Å². The topological polar surface area (TPSA) is 53.4 Å². The average Bonchev–Trinajstić information content (AvgIpc) is 3.18. The minimum atomic E-state index is -0.0544. The Balaban J connectivity index is 1.71. The first-order valence-electron chi connectivity index (χ1n) is 8.29. The third-order valence-corrected chi connectivity index (χ3v) is 5.06. The van der Waals surface area contributed by atoms with Gasteiger partial charge in [-0.2, -0.15) is 11.3 Å². The SMILES string of the molecule is CN(C)CCN(Cc1ccsc1)C(=O)C1CNCc2nccn2C1. The summed E-state index contributed by atoms with van der Waals surface area (Å²) in [6.07, 6.45) is 3.77. The molecular weight excluding hydrogens is 322 g/mol. The van der Waals surface area contributed by atoms with E-state index < -0.39 is 0 Å². The Morgan fingerprint density at radius 3 is 3.08 bits per heavy atom. The zero-order valence-corrected chi connectivity index (χ0v) is 15.1. The lowest BCUT2D eigenvalue weighted by Crippen LogP contribution is -2.43. The molecule has 0 spiro atoms. The Bertz CT molecular complexity index is 652. The van der Waals surface area contributed by atoms with Crippen LogP contribution in [0.15, 0.2) is 29.2 Å². The third kappa shape index (κ3) is 4.23. The summed E-state index contributed by atoms with van der Waals surface area (Å²) in [6, 6.07) is 2.10. The third-order valence-electron chi connectivity index (χ3n) is 4.32. The molecule has 0 radical (unpaired) electrons. The van der Waals surface area contributed by atoms with Crippen LogP contribution in [0.1, 0.15) is 11.4 Å². The first kappa shape index (κ1) is 17.1. The van der Waals surface area contributed by atoms with E-state index in [9.17, 15) is 4.79 Å². The Labute approximate surface area is 147 Å². The molecule has 6 nitrogen and oxygen atoms in total. The van der Waals surface area contributed by atoms with Gasteiger partial charge in [0.05, 0.1) is 12.5 Å². The maximum Gasteiger partial charge on any atom is 0.229 e. The van der Waals surface area contributed by atoms with Gasteiger partial charge in [-0.3, -0.25) is 4.79 Å². The van der Waals surface area contributed by atoms with Gasteiger partial charge in [0.2, 0.25) is 5.91 Å². The van der Waals surface area contributed by atoms with Crippen molar-refractivity contribution >= 4 is 17.2 Å². The number of likely N-dealkylation sites (N-methyl/N-ethyl adjacent to an activating group) is 1. The Morgan fingerprint density at radius 2 is 2.33 bits per heavy atom. The number of nitrogens with zero attached hydrogens (tertiary/aromatic N) is 4. The van der Waals surface area contributed by atoms with Crippen LogP contribution in [0, 0.1) is 5.92 Å². The predicted molar refractivity (Wildman–Crippen MR) is 95.7 cm³/mol. The molecule has 0 saturated carbocycles. The van der Waals surface area contributed by atoms with E-state index >= 15 is 0 Å². The maximum atomic E-state index is 13.2. The van der Waals surface area contributed by atoms with Gasteiger partial charge in [0.1, 0.15) is 5.82 Å². The maximum absolute atomic E-state index is 13.2. The summed E-state index contributed by atoms with van der Waals surface area (Å²) in [5.74, 6) is 1.17. The van der Waals surface area contributed by atoms with E-state index in [0.29, 0.717) is 19.6 Å². The van der Waals surface area contributed by atoms with Crippen LogP contribution in [0.25, 0.3) is 0 Å². The van der Waals surface area contributed by atoms with Crippen molar-refractivity contribution in [2.45, 2.75) is 19.6 Å². The predicted octanol–water partition coefficient (Wildman–Crippen LogP) is 1.25. The zero-order chi connectivity index (χ0) is 16.9. The fourth-order valence-corrected chi connectivity index (χ4v) is 3.61. The summed E-state index contributed by atoms with van der Waals surface area (Å²) in [5.41, 5.74) is 1.21. The Hall–Kier alpha value is -1.70. The minimum absolute atomic E-state index is 0.0544. The first-order chi connectivity index (χ1) is 11.6. The molecule has 1 aliphatic rings. The van der Waals surface area contributed by atoms with Crippen LogP contribution in [-0.2, 0) is 24.4 Å². The van der Waals surface area contributed by atoms with E-state index in [1.165, 1.54) is 5.56 Å². The number of rotatable bonds is 6. The molecular formula is C17H25N5OS. The zero-order valence-electron chi connectivity index (χ0n) is 14.3. The van der Waals surface area contributed by atoms with Crippen LogP contribution in [0.4, 0.5) is 0 Å². The molecule has 1 aliphatic heterocycles. The van der Waals surface area contributed by atoms with Crippen molar-refractivity contribution in [2.75, 3.05) is 33.7 Å². The molecule has 0 saturated heterocycles. The molecule has 1 unspecified atom stereocenters. The first-order valence-corrected chi connectivity index (χ1v) is 9.23. The number of thiophene rings is 1. The molecule has 1 amide bonds. The highest BCUT2D eigenvalue weighted by molar-refractivity contribution is 7.07. The van der Waals surface area contributed by atoms with Crippen LogP contribution in [-0.4, -0.2) is 59.0 Å². The fraction of sp³-hybridized carbons (Fsp3) is 0.529. The summed E-state index contributed by atoms with van der Waals surface area (Å²) in [7, 11) is 4.08. The van der Waals surface area contributed by atoms with Gasteiger partial charge in [-0.25, -0.2) is 4.98 Å². The van der Waals surface area contributed by atoms with E-state index in [4.69, 9.17) is 0 Å². The molecule has 3 heterocycles. The van der Waals surface area contributed by atoms with E-state index in [2.05, 4.69) is 36.6 Å². The Kier molecular flexibility index (Phi) is 5.65. The Morgan fingerprint density at radius 1 is 1.46 bits per heavy atom. The number of aromatic nitrogens is 2. The van der Waals surface area contributed by atoms with Crippen molar-refractivity contribution in [3.05, 3.63) is 40.6 Å². The lowest BCUT2D eigenvalue weighted by Gasteiger charge is -2.28. The molecule has 3 rings (SSSR count). The second-order valence-electron chi connectivity index (χ2n) is 6.52. The van der Waals surface area contributed by atoms with Crippen molar-refractivity contribution in [3.8, 4) is 0 Å². The van der Waals surface area contributed by atoms with Crippen LogP contribution in [0.5, 0.6) is 0 Å². The second kappa shape index (κ2) is 7.92. The van der Waals surface area contributed by atoms with E-state index in [1.807, 2.05) is 25.2 Å². The van der Waals surface area contributed by atoms with Crippen molar-refractivity contribution in [2.24, 2.45) is 5.92 Å². The van der Waals surface area contributed by atoms with Gasteiger partial charge in [-0.1, -0.05) is 0 Å². The van der Waals surface area contributed by atoms with Gasteiger partial charge in [0.15, 0.2) is 0 Å². The summed E-state index contributed by atoms with van der Waals surface area (Å²) < 4.78 is 2.09. The van der Waals surface area contributed by atoms with Gasteiger partial charge in [0, 0.05) is 45.1 Å². The largest absolute Gasteiger partial charge is 0.337 e. The number of nitrogens with one attached hydrogen (secondary N) is 1. The van der Waals surface area contributed by atoms with E-state index in [1.54, 1.807) is 17.5 Å². The summed E-state index contributed by atoms with van der Waals surface area (Å²) in [6.45, 7) is 4.41. The highest BCUT2D eigenvalue weighted by Gasteiger charge is 2.27. The van der Waals surface area contributed by atoms with Crippen molar-refractivity contribution in [1.82, 2.24) is 24.7 Å². The number of hydrogen-bond donors (Lipinski definition) is 1. The number of hydrogen-bond acceptors (Lipinski definition) is 5. The molecule has 0 bridgehead atoms. The second-order valence-corrected chi connectivity index (χ2v) is 7.30. The van der Waals surface area contributed by atoms with Crippen molar-refractivity contribution < 1.29 is 4.79 Å². The minimum Gasteiger partial charge on any atom is -0.337 e. The van der Waals surface area contributed by atoms with E-state index in [0.717, 1.165) is 25.5 Å². The summed E-state index contributed by atoms with van der Waals surface area (Å²) in [4.78, 5) is 21.6. The van der Waals surface area contributed by atoms with Gasteiger partial charge < -0.3 is 19.7 Å². The van der Waals surface area contributed by atoms with Crippen LogP contribution >= 0.6 is 11.3 Å². The molecule has 1 N–H and O–H groups in total. The molecule has 0 aromatic carbocycles. The van der Waals surface area contributed by atoms with Crippen LogP contribution in [0.2, 0.25) is 0 Å². The highest BCUT2D eigenvalue weighted by atomic mass is 32.1. The summed E-state index contributed by atoms with van der Waals surface area (Å²) in [5, 5.41) is 7.54. The number of carbonyl (C=O) groups is 1. The molecule has 0 aliphatic carbocycles. The number of imidazole rings is 1. The van der Waals surface area contributed by atoms with Crippen LogP contribution in [0.3, 0.4) is 0 Å². The highest BCUT2D eigenvalue weighted by Crippen LogP contribution is 2.16. The molecule has 24 heavy (non-hydrogen) atoms. The van der Waals surface area contributed by atoms with Gasteiger partial charge >= 0.3 is 0 Å². The smallest absolute Gasteiger partial charge is 0.229 e.